The minimum absolute atomic E-state index is 0.0557. The molecule has 0 saturated heterocycles. The van der Waals surface area contributed by atoms with Crippen molar-refractivity contribution in [1.29, 1.82) is 0 Å². The molecule has 106 valence electrons. The normalized spacial score (nSPS) is 11.3. The number of rotatable bonds is 7. The van der Waals surface area contributed by atoms with Crippen LogP contribution < -0.4 is 4.90 Å². The van der Waals surface area contributed by atoms with Crippen molar-refractivity contribution < 1.29 is 18.3 Å². The molecule has 0 aliphatic heterocycles. The van der Waals surface area contributed by atoms with Crippen LogP contribution in [0, 0.1) is 0 Å². The van der Waals surface area contributed by atoms with Crippen LogP contribution >= 0.6 is 0 Å². The maximum Gasteiger partial charge on any atom is 0.323 e. The highest BCUT2D eigenvalue weighted by atomic mass is 32.2. The minimum atomic E-state index is -3.21. The van der Waals surface area contributed by atoms with E-state index in [-0.39, 0.29) is 17.2 Å². The summed E-state index contributed by atoms with van der Waals surface area (Å²) in [5.41, 5.74) is 0.722. The van der Waals surface area contributed by atoms with Crippen LogP contribution in [-0.4, -0.2) is 38.3 Å². The highest BCUT2D eigenvalue weighted by molar-refractivity contribution is 7.91. The topological polar surface area (TPSA) is 74.7 Å². The van der Waals surface area contributed by atoms with E-state index < -0.39 is 15.8 Å². The molecule has 1 aromatic rings. The third-order valence-electron chi connectivity index (χ3n) is 2.76. The quantitative estimate of drug-likeness (QED) is 0.826. The Balaban J connectivity index is 2.98. The lowest BCUT2D eigenvalue weighted by atomic mass is 10.2. The van der Waals surface area contributed by atoms with Crippen LogP contribution in [0.2, 0.25) is 0 Å². The lowest BCUT2D eigenvalue weighted by Gasteiger charge is -2.22. The lowest BCUT2D eigenvalue weighted by Crippen LogP contribution is -2.30. The average molecular weight is 285 g/mol. The first-order valence-electron chi connectivity index (χ1n) is 6.20. The van der Waals surface area contributed by atoms with Crippen molar-refractivity contribution in [3.05, 3.63) is 24.3 Å². The van der Waals surface area contributed by atoms with E-state index in [1.807, 2.05) is 6.92 Å². The first-order valence-corrected chi connectivity index (χ1v) is 7.85. The zero-order valence-corrected chi connectivity index (χ0v) is 12.0. The van der Waals surface area contributed by atoms with Gasteiger partial charge in [-0.2, -0.15) is 0 Å². The summed E-state index contributed by atoms with van der Waals surface area (Å²) in [5, 5.41) is 8.86. The third-order valence-corrected chi connectivity index (χ3v) is 4.51. The molecule has 0 atom stereocenters. The van der Waals surface area contributed by atoms with Crippen molar-refractivity contribution >= 4 is 21.5 Å². The first-order chi connectivity index (χ1) is 8.90. The molecule has 0 bridgehead atoms. The van der Waals surface area contributed by atoms with Crippen LogP contribution in [0.4, 0.5) is 5.69 Å². The monoisotopic (exact) mass is 285 g/mol. The zero-order valence-electron chi connectivity index (χ0n) is 11.2. The number of hydrogen-bond acceptors (Lipinski definition) is 4. The van der Waals surface area contributed by atoms with Gasteiger partial charge in [-0.3, -0.25) is 4.79 Å². The SMILES string of the molecule is CCCN(CC(=O)O)c1ccc(S(=O)(=O)CC)cc1. The Hall–Kier alpha value is -1.56. The smallest absolute Gasteiger partial charge is 0.323 e. The molecule has 0 spiro atoms. The third kappa shape index (κ3) is 4.24. The van der Waals surface area contributed by atoms with E-state index in [2.05, 4.69) is 0 Å². The molecule has 6 heteroatoms. The Bertz CT molecular complexity index is 522. The molecule has 19 heavy (non-hydrogen) atoms. The largest absolute Gasteiger partial charge is 0.480 e. The molecular formula is C13H19NO4S. The summed E-state index contributed by atoms with van der Waals surface area (Å²) in [6.07, 6.45) is 0.822. The molecule has 0 radical (unpaired) electrons. The van der Waals surface area contributed by atoms with Gasteiger partial charge in [-0.1, -0.05) is 13.8 Å². The molecule has 1 rings (SSSR count). The van der Waals surface area contributed by atoms with Crippen LogP contribution in [-0.2, 0) is 14.6 Å². The summed E-state index contributed by atoms with van der Waals surface area (Å²) in [6, 6.07) is 6.36. The van der Waals surface area contributed by atoms with E-state index in [9.17, 15) is 13.2 Å². The Morgan fingerprint density at radius 2 is 1.79 bits per heavy atom. The Morgan fingerprint density at radius 1 is 1.21 bits per heavy atom. The Labute approximate surface area is 113 Å². The highest BCUT2D eigenvalue weighted by Gasteiger charge is 2.13. The van der Waals surface area contributed by atoms with Crippen LogP contribution in [0.3, 0.4) is 0 Å². The summed E-state index contributed by atoms with van der Waals surface area (Å²) in [5.74, 6) is -0.848. The van der Waals surface area contributed by atoms with Crippen molar-refractivity contribution in [3.8, 4) is 0 Å². The van der Waals surface area contributed by atoms with Crippen LogP contribution in [0.15, 0.2) is 29.2 Å². The number of carbonyl (C=O) groups is 1. The van der Waals surface area contributed by atoms with Crippen molar-refractivity contribution in [2.24, 2.45) is 0 Å². The molecule has 0 unspecified atom stereocenters. The number of benzene rings is 1. The van der Waals surface area contributed by atoms with Crippen molar-refractivity contribution in [1.82, 2.24) is 0 Å². The molecular weight excluding hydrogens is 266 g/mol. The summed E-state index contributed by atoms with van der Waals surface area (Å²) in [6.45, 7) is 4.09. The second-order valence-corrected chi connectivity index (χ2v) is 6.49. The number of carboxylic acids is 1. The maximum atomic E-state index is 11.7. The number of aliphatic carboxylic acids is 1. The fourth-order valence-electron chi connectivity index (χ4n) is 1.76. The summed E-state index contributed by atoms with van der Waals surface area (Å²) < 4.78 is 23.4. The molecule has 1 aromatic carbocycles. The summed E-state index contributed by atoms with van der Waals surface area (Å²) >= 11 is 0. The molecule has 0 aliphatic carbocycles. The molecule has 0 aliphatic rings. The molecule has 5 nitrogen and oxygen atoms in total. The number of sulfone groups is 1. The summed E-state index contributed by atoms with van der Waals surface area (Å²) in [4.78, 5) is 12.8. The number of anilines is 1. The van der Waals surface area contributed by atoms with Gasteiger partial charge in [0.1, 0.15) is 6.54 Å². The van der Waals surface area contributed by atoms with E-state index in [1.54, 1.807) is 24.0 Å². The highest BCUT2D eigenvalue weighted by Crippen LogP contribution is 2.19. The predicted octanol–water partition coefficient (Wildman–Crippen LogP) is 1.78. The van der Waals surface area contributed by atoms with E-state index >= 15 is 0 Å². The van der Waals surface area contributed by atoms with E-state index in [0.29, 0.717) is 6.54 Å². The Kier molecular flexibility index (Phi) is 5.35. The van der Waals surface area contributed by atoms with Gasteiger partial charge in [0.2, 0.25) is 0 Å². The molecule has 0 aromatic heterocycles. The molecule has 0 amide bonds. The van der Waals surface area contributed by atoms with Crippen LogP contribution in [0.5, 0.6) is 0 Å². The van der Waals surface area contributed by atoms with Gasteiger partial charge in [0.25, 0.3) is 0 Å². The second kappa shape index (κ2) is 6.56. The average Bonchev–Trinajstić information content (AvgIpc) is 2.38. The summed E-state index contributed by atoms with van der Waals surface area (Å²) in [7, 11) is -3.21. The number of carboxylic acid groups (broad SMARTS) is 1. The van der Waals surface area contributed by atoms with E-state index in [4.69, 9.17) is 5.11 Å². The second-order valence-electron chi connectivity index (χ2n) is 4.21. The molecule has 0 fully saturated rings. The van der Waals surface area contributed by atoms with Crippen molar-refractivity contribution in [2.75, 3.05) is 23.7 Å². The fourth-order valence-corrected chi connectivity index (χ4v) is 2.65. The first kappa shape index (κ1) is 15.5. The molecule has 0 saturated carbocycles. The predicted molar refractivity (Wildman–Crippen MR) is 74.3 cm³/mol. The Morgan fingerprint density at radius 3 is 2.21 bits per heavy atom. The number of nitrogens with zero attached hydrogens (tertiary/aromatic N) is 1. The van der Waals surface area contributed by atoms with Gasteiger partial charge < -0.3 is 10.0 Å². The van der Waals surface area contributed by atoms with E-state index in [0.717, 1.165) is 12.1 Å². The van der Waals surface area contributed by atoms with E-state index in [1.165, 1.54) is 12.1 Å². The maximum absolute atomic E-state index is 11.7. The van der Waals surface area contributed by atoms with Gasteiger partial charge in [-0.15, -0.1) is 0 Å². The van der Waals surface area contributed by atoms with Crippen LogP contribution in [0.25, 0.3) is 0 Å². The van der Waals surface area contributed by atoms with Gasteiger partial charge in [0.05, 0.1) is 10.6 Å². The van der Waals surface area contributed by atoms with Gasteiger partial charge in [-0.25, -0.2) is 8.42 Å². The van der Waals surface area contributed by atoms with Crippen molar-refractivity contribution in [3.63, 3.8) is 0 Å². The zero-order chi connectivity index (χ0) is 14.5. The lowest BCUT2D eigenvalue weighted by molar-refractivity contribution is -0.135. The molecule has 0 heterocycles. The minimum Gasteiger partial charge on any atom is -0.480 e. The van der Waals surface area contributed by atoms with Gasteiger partial charge in [-0.05, 0) is 30.7 Å². The van der Waals surface area contributed by atoms with Crippen LogP contribution in [0.1, 0.15) is 20.3 Å². The standard InChI is InChI=1S/C13H19NO4S/c1-3-9-14(10-13(15)16)11-5-7-12(8-6-11)19(17,18)4-2/h5-8H,3-4,9-10H2,1-2H3,(H,15,16). The van der Waals surface area contributed by atoms with Gasteiger partial charge in [0, 0.05) is 12.2 Å². The molecule has 1 N–H and O–H groups in total. The number of hydrogen-bond donors (Lipinski definition) is 1. The van der Waals surface area contributed by atoms with Gasteiger partial charge >= 0.3 is 5.97 Å². The fraction of sp³-hybridized carbons (Fsp3) is 0.462. The van der Waals surface area contributed by atoms with Crippen molar-refractivity contribution in [2.45, 2.75) is 25.2 Å². The van der Waals surface area contributed by atoms with Gasteiger partial charge in [0.15, 0.2) is 9.84 Å².